The fraction of sp³-hybridized carbons (Fsp3) is 1.00. The van der Waals surface area contributed by atoms with Gasteiger partial charge in [-0.25, -0.2) is 0 Å². The van der Waals surface area contributed by atoms with Crippen molar-refractivity contribution in [3.05, 3.63) is 0 Å². The Labute approximate surface area is 158 Å². The molecule has 0 aromatic rings. The molecule has 1 aliphatic heterocycles. The lowest BCUT2D eigenvalue weighted by Gasteiger charge is -2.18. The molecule has 0 amide bonds. The summed E-state index contributed by atoms with van der Waals surface area (Å²) in [5.74, 6) is 0. The van der Waals surface area contributed by atoms with E-state index in [1.54, 1.807) is 0 Å². The molecule has 0 bridgehead atoms. The molecule has 0 aromatic heterocycles. The van der Waals surface area contributed by atoms with Crippen LogP contribution in [0.15, 0.2) is 0 Å². The fourth-order valence-corrected chi connectivity index (χ4v) is 3.37. The van der Waals surface area contributed by atoms with Crippen molar-refractivity contribution in [2.45, 2.75) is 115 Å². The van der Waals surface area contributed by atoms with Crippen molar-refractivity contribution in [1.29, 1.82) is 0 Å². The number of hydrogen-bond donors (Lipinski definition) is 4. The molecular weight excluding hydrogens is 336 g/mol. The van der Waals surface area contributed by atoms with Crippen LogP contribution in [0.2, 0.25) is 0 Å². The minimum Gasteiger partial charge on any atom is -0.394 e. The van der Waals surface area contributed by atoms with Gasteiger partial charge in [0.2, 0.25) is 0 Å². The van der Waals surface area contributed by atoms with Gasteiger partial charge in [0.15, 0.2) is 6.29 Å². The van der Waals surface area contributed by atoms with E-state index in [2.05, 4.69) is 6.92 Å². The molecule has 4 N–H and O–H groups in total. The molecule has 26 heavy (non-hydrogen) atoms. The minimum absolute atomic E-state index is 0.452. The predicted octanol–water partition coefficient (Wildman–Crippen LogP) is 2.50. The van der Waals surface area contributed by atoms with E-state index in [0.717, 1.165) is 12.8 Å². The molecular formula is C20H40O6. The molecule has 6 heteroatoms. The van der Waals surface area contributed by atoms with Crippen LogP contribution < -0.4 is 0 Å². The van der Waals surface area contributed by atoms with Gasteiger partial charge >= 0.3 is 0 Å². The Hall–Kier alpha value is -0.240. The molecule has 6 nitrogen and oxygen atoms in total. The Morgan fingerprint density at radius 2 is 1.31 bits per heavy atom. The van der Waals surface area contributed by atoms with Crippen LogP contribution in [0.1, 0.15) is 84.0 Å². The zero-order valence-electron chi connectivity index (χ0n) is 16.4. The lowest BCUT2D eigenvalue weighted by atomic mass is 10.1. The second-order valence-electron chi connectivity index (χ2n) is 7.46. The molecule has 0 spiro atoms. The SMILES string of the molecule is CCCCCCCCCCCCCCO[C@H]1O[C@H]([C@@H](O)CO)[C@H](O)[C@H]1O. The number of hydrogen-bond acceptors (Lipinski definition) is 6. The van der Waals surface area contributed by atoms with E-state index in [4.69, 9.17) is 14.6 Å². The van der Waals surface area contributed by atoms with Crippen molar-refractivity contribution >= 4 is 0 Å². The van der Waals surface area contributed by atoms with Crippen LogP contribution in [0.3, 0.4) is 0 Å². The minimum atomic E-state index is -1.25. The summed E-state index contributed by atoms with van der Waals surface area (Å²) < 4.78 is 10.8. The van der Waals surface area contributed by atoms with Gasteiger partial charge in [0, 0.05) is 6.61 Å². The summed E-state index contributed by atoms with van der Waals surface area (Å²) in [6.45, 7) is 2.17. The number of rotatable bonds is 16. The maximum absolute atomic E-state index is 9.87. The first kappa shape index (κ1) is 23.8. The summed E-state index contributed by atoms with van der Waals surface area (Å²) in [6, 6.07) is 0. The maximum atomic E-state index is 9.87. The highest BCUT2D eigenvalue weighted by Crippen LogP contribution is 2.25. The van der Waals surface area contributed by atoms with Crippen LogP contribution >= 0.6 is 0 Å². The van der Waals surface area contributed by atoms with Gasteiger partial charge in [0.05, 0.1) is 6.61 Å². The Balaban J connectivity index is 1.93. The van der Waals surface area contributed by atoms with E-state index in [0.29, 0.717) is 6.61 Å². The maximum Gasteiger partial charge on any atom is 0.186 e. The van der Waals surface area contributed by atoms with Crippen LogP contribution in [0.25, 0.3) is 0 Å². The Bertz CT molecular complexity index is 327. The molecule has 156 valence electrons. The van der Waals surface area contributed by atoms with Crippen LogP contribution in [-0.2, 0) is 9.47 Å². The molecule has 5 atom stereocenters. The number of aliphatic hydroxyl groups is 4. The van der Waals surface area contributed by atoms with Crippen molar-refractivity contribution < 1.29 is 29.9 Å². The standard InChI is InChI=1S/C20H40O6/c1-2-3-4-5-6-7-8-9-10-11-12-13-14-25-20-18(24)17(23)19(26-20)16(22)15-21/h16-24H,2-15H2,1H3/t16-,17+,18+,19+,20-/m0/s1. The molecule has 0 radical (unpaired) electrons. The Kier molecular flexibility index (Phi) is 13.5. The lowest BCUT2D eigenvalue weighted by Crippen LogP contribution is -2.40. The van der Waals surface area contributed by atoms with Gasteiger partial charge in [-0.1, -0.05) is 77.6 Å². The molecule has 1 fully saturated rings. The van der Waals surface area contributed by atoms with Crippen molar-refractivity contribution in [3.8, 4) is 0 Å². The normalized spacial score (nSPS) is 27.1. The van der Waals surface area contributed by atoms with Crippen molar-refractivity contribution in [3.63, 3.8) is 0 Å². The van der Waals surface area contributed by atoms with Gasteiger partial charge in [-0.3, -0.25) is 0 Å². The van der Waals surface area contributed by atoms with Crippen molar-refractivity contribution in [2.24, 2.45) is 0 Å². The number of unbranched alkanes of at least 4 members (excludes halogenated alkanes) is 11. The van der Waals surface area contributed by atoms with E-state index in [1.807, 2.05) is 0 Å². The summed E-state index contributed by atoms with van der Waals surface area (Å²) in [5.41, 5.74) is 0. The van der Waals surface area contributed by atoms with E-state index in [-0.39, 0.29) is 0 Å². The van der Waals surface area contributed by atoms with E-state index < -0.39 is 37.3 Å². The third kappa shape index (κ3) is 9.11. The van der Waals surface area contributed by atoms with Gasteiger partial charge in [0.1, 0.15) is 24.4 Å². The van der Waals surface area contributed by atoms with Gasteiger partial charge < -0.3 is 29.9 Å². The predicted molar refractivity (Wildman–Crippen MR) is 101 cm³/mol. The lowest BCUT2D eigenvalue weighted by molar-refractivity contribution is -0.181. The van der Waals surface area contributed by atoms with Gasteiger partial charge in [-0.05, 0) is 6.42 Å². The highest BCUT2D eigenvalue weighted by molar-refractivity contribution is 4.90. The average molecular weight is 377 g/mol. The van der Waals surface area contributed by atoms with E-state index in [9.17, 15) is 15.3 Å². The molecule has 1 heterocycles. The van der Waals surface area contributed by atoms with Crippen LogP contribution in [0.4, 0.5) is 0 Å². The Morgan fingerprint density at radius 3 is 1.81 bits per heavy atom. The quantitative estimate of drug-likeness (QED) is 0.309. The molecule has 0 aromatic carbocycles. The molecule has 0 aliphatic carbocycles. The van der Waals surface area contributed by atoms with Gasteiger partial charge in [-0.2, -0.15) is 0 Å². The highest BCUT2D eigenvalue weighted by Gasteiger charge is 2.46. The smallest absolute Gasteiger partial charge is 0.186 e. The average Bonchev–Trinajstić information content (AvgIpc) is 2.93. The molecule has 1 saturated heterocycles. The van der Waals surface area contributed by atoms with Crippen molar-refractivity contribution in [1.82, 2.24) is 0 Å². The summed E-state index contributed by atoms with van der Waals surface area (Å²) in [4.78, 5) is 0. The van der Waals surface area contributed by atoms with Gasteiger partial charge in [-0.15, -0.1) is 0 Å². The third-order valence-electron chi connectivity index (χ3n) is 5.10. The van der Waals surface area contributed by atoms with Gasteiger partial charge in [0.25, 0.3) is 0 Å². The summed E-state index contributed by atoms with van der Waals surface area (Å²) in [5, 5.41) is 38.1. The summed E-state index contributed by atoms with van der Waals surface area (Å²) in [6.07, 6.45) is 9.56. The molecule has 1 rings (SSSR count). The zero-order chi connectivity index (χ0) is 19.2. The largest absolute Gasteiger partial charge is 0.394 e. The first-order valence-electron chi connectivity index (χ1n) is 10.5. The van der Waals surface area contributed by atoms with Crippen LogP contribution in [-0.4, -0.2) is 64.3 Å². The monoisotopic (exact) mass is 376 g/mol. The topological polar surface area (TPSA) is 99.4 Å². The van der Waals surface area contributed by atoms with Crippen LogP contribution in [0, 0.1) is 0 Å². The number of ether oxygens (including phenoxy) is 2. The molecule has 0 saturated carbocycles. The second kappa shape index (κ2) is 14.8. The zero-order valence-corrected chi connectivity index (χ0v) is 16.4. The fourth-order valence-electron chi connectivity index (χ4n) is 3.37. The highest BCUT2D eigenvalue weighted by atomic mass is 16.7. The first-order chi connectivity index (χ1) is 12.6. The van der Waals surface area contributed by atoms with Crippen LogP contribution in [0.5, 0.6) is 0 Å². The van der Waals surface area contributed by atoms with E-state index in [1.165, 1.54) is 64.2 Å². The molecule has 1 aliphatic rings. The van der Waals surface area contributed by atoms with E-state index >= 15 is 0 Å². The Morgan fingerprint density at radius 1 is 0.808 bits per heavy atom. The first-order valence-corrected chi connectivity index (χ1v) is 10.5. The molecule has 0 unspecified atom stereocenters. The summed E-state index contributed by atoms with van der Waals surface area (Å²) in [7, 11) is 0. The van der Waals surface area contributed by atoms with Crippen molar-refractivity contribution in [2.75, 3.05) is 13.2 Å². The second-order valence-corrected chi connectivity index (χ2v) is 7.46. The summed E-state index contributed by atoms with van der Waals surface area (Å²) >= 11 is 0. The number of aliphatic hydroxyl groups excluding tert-OH is 4. The third-order valence-corrected chi connectivity index (χ3v) is 5.10.